The van der Waals surface area contributed by atoms with E-state index in [-0.39, 0.29) is 0 Å². The number of carbonyl (C=O) groups excluding carboxylic acids is 1. The van der Waals surface area contributed by atoms with E-state index in [0.29, 0.717) is 11.8 Å². The number of piperidine rings is 1. The normalized spacial score (nSPS) is 21.0. The number of amides is 1. The molecule has 2 aliphatic rings. The largest absolute Gasteiger partial charge is 0.387 e. The van der Waals surface area contributed by atoms with Crippen LogP contribution in [0.4, 0.5) is 5.82 Å². The number of pyridine rings is 1. The topological polar surface area (TPSA) is 56.7 Å². The molecule has 0 aliphatic carbocycles. The fourth-order valence-corrected chi connectivity index (χ4v) is 3.58. The van der Waals surface area contributed by atoms with Gasteiger partial charge in [-0.15, -0.1) is 0 Å². The Kier molecular flexibility index (Phi) is 5.16. The summed E-state index contributed by atoms with van der Waals surface area (Å²) in [6, 6.07) is 5.86. The lowest BCUT2D eigenvalue weighted by atomic mass is 9.93. The Labute approximate surface area is 138 Å². The van der Waals surface area contributed by atoms with Crippen LogP contribution in [0.25, 0.3) is 0 Å². The molecule has 1 aromatic heterocycles. The summed E-state index contributed by atoms with van der Waals surface area (Å²) in [7, 11) is 0. The Morgan fingerprint density at radius 1 is 1.30 bits per heavy atom. The van der Waals surface area contributed by atoms with Gasteiger partial charge in [0, 0.05) is 32.6 Å². The van der Waals surface area contributed by atoms with Crippen LogP contribution in [0.5, 0.6) is 0 Å². The van der Waals surface area contributed by atoms with Crippen LogP contribution in [0.3, 0.4) is 0 Å². The highest BCUT2D eigenvalue weighted by molar-refractivity contribution is 5.77. The average molecular weight is 317 g/mol. The van der Waals surface area contributed by atoms with Crippen molar-refractivity contribution >= 4 is 11.7 Å². The second kappa shape index (κ2) is 7.30. The van der Waals surface area contributed by atoms with Gasteiger partial charge in [0.05, 0.1) is 11.8 Å². The second-order valence-corrected chi connectivity index (χ2v) is 6.80. The molecular weight excluding hydrogens is 290 g/mol. The van der Waals surface area contributed by atoms with Crippen molar-refractivity contribution in [3.8, 4) is 0 Å². The van der Waals surface area contributed by atoms with Gasteiger partial charge < -0.3 is 14.9 Å². The molecule has 5 heteroatoms. The monoisotopic (exact) mass is 317 g/mol. The first kappa shape index (κ1) is 16.2. The smallest absolute Gasteiger partial charge is 0.222 e. The van der Waals surface area contributed by atoms with Gasteiger partial charge in [-0.05, 0) is 50.7 Å². The highest BCUT2D eigenvalue weighted by atomic mass is 16.3. The lowest BCUT2D eigenvalue weighted by molar-refractivity contribution is -0.127. The first-order chi connectivity index (χ1) is 11.1. The number of carbonyl (C=O) groups is 1. The van der Waals surface area contributed by atoms with E-state index in [1.165, 1.54) is 0 Å². The molecule has 5 nitrogen and oxygen atoms in total. The second-order valence-electron chi connectivity index (χ2n) is 6.80. The van der Waals surface area contributed by atoms with Crippen LogP contribution in [-0.2, 0) is 4.79 Å². The van der Waals surface area contributed by atoms with Crippen LogP contribution in [0.1, 0.15) is 50.8 Å². The molecule has 126 valence electrons. The molecule has 0 aromatic carbocycles. The summed E-state index contributed by atoms with van der Waals surface area (Å²) in [5.74, 6) is 2.01. The summed E-state index contributed by atoms with van der Waals surface area (Å²) in [5, 5.41) is 9.67. The number of aliphatic hydroxyl groups is 1. The van der Waals surface area contributed by atoms with Gasteiger partial charge in [-0.3, -0.25) is 4.79 Å². The Morgan fingerprint density at radius 3 is 2.74 bits per heavy atom. The molecular formula is C18H27N3O2. The van der Waals surface area contributed by atoms with E-state index in [1.807, 2.05) is 23.1 Å². The molecule has 1 N–H and O–H groups in total. The highest BCUT2D eigenvalue weighted by Gasteiger charge is 2.24. The van der Waals surface area contributed by atoms with Crippen molar-refractivity contribution in [2.24, 2.45) is 5.92 Å². The van der Waals surface area contributed by atoms with Crippen LogP contribution in [0.15, 0.2) is 18.2 Å². The maximum Gasteiger partial charge on any atom is 0.222 e. The van der Waals surface area contributed by atoms with Crippen molar-refractivity contribution in [1.29, 1.82) is 0 Å². The summed E-state index contributed by atoms with van der Waals surface area (Å²) < 4.78 is 0. The van der Waals surface area contributed by atoms with Crippen molar-refractivity contribution in [2.75, 3.05) is 31.1 Å². The summed E-state index contributed by atoms with van der Waals surface area (Å²) in [6.45, 7) is 5.65. The molecule has 0 saturated carbocycles. The first-order valence-corrected chi connectivity index (χ1v) is 8.81. The number of nitrogens with zero attached hydrogens (tertiary/aromatic N) is 3. The average Bonchev–Trinajstić information content (AvgIpc) is 2.98. The van der Waals surface area contributed by atoms with E-state index in [4.69, 9.17) is 0 Å². The van der Waals surface area contributed by atoms with E-state index < -0.39 is 6.10 Å². The third kappa shape index (κ3) is 4.02. The minimum atomic E-state index is -0.523. The lowest BCUT2D eigenvalue weighted by Gasteiger charge is -2.33. The quantitative estimate of drug-likeness (QED) is 0.906. The maximum absolute atomic E-state index is 11.7. The standard InChI is InChI=1S/C18H27N3O2/c1-14(22)16-4-2-5-17(19-16)20-11-7-15(8-12-20)9-13-21-10-3-6-18(21)23/h2,4-5,14-15,22H,3,6-13H2,1H3. The molecule has 3 rings (SSSR count). The molecule has 1 amide bonds. The molecule has 1 atom stereocenters. The predicted octanol–water partition coefficient (Wildman–Crippen LogP) is 2.36. The highest BCUT2D eigenvalue weighted by Crippen LogP contribution is 2.25. The molecule has 1 aromatic rings. The third-order valence-corrected chi connectivity index (χ3v) is 5.10. The Hall–Kier alpha value is -1.62. The van der Waals surface area contributed by atoms with Crippen LogP contribution < -0.4 is 4.90 Å². The molecule has 0 radical (unpaired) electrons. The Bertz CT molecular complexity index is 539. The molecule has 0 spiro atoms. The minimum Gasteiger partial charge on any atom is -0.387 e. The summed E-state index contributed by atoms with van der Waals surface area (Å²) >= 11 is 0. The van der Waals surface area contributed by atoms with Gasteiger partial charge >= 0.3 is 0 Å². The number of hydrogen-bond donors (Lipinski definition) is 1. The zero-order valence-electron chi connectivity index (χ0n) is 13.9. The number of hydrogen-bond acceptors (Lipinski definition) is 4. The Balaban J connectivity index is 1.48. The van der Waals surface area contributed by atoms with E-state index in [9.17, 15) is 9.90 Å². The molecule has 1 unspecified atom stereocenters. The van der Waals surface area contributed by atoms with Crippen LogP contribution in [0, 0.1) is 5.92 Å². The van der Waals surface area contributed by atoms with Gasteiger partial charge in [0.25, 0.3) is 0 Å². The molecule has 2 aliphatic heterocycles. The zero-order chi connectivity index (χ0) is 16.2. The van der Waals surface area contributed by atoms with E-state index in [1.54, 1.807) is 6.92 Å². The van der Waals surface area contributed by atoms with Crippen molar-refractivity contribution < 1.29 is 9.90 Å². The molecule has 23 heavy (non-hydrogen) atoms. The van der Waals surface area contributed by atoms with E-state index >= 15 is 0 Å². The fraction of sp³-hybridized carbons (Fsp3) is 0.667. The number of rotatable bonds is 5. The van der Waals surface area contributed by atoms with Crippen molar-refractivity contribution in [1.82, 2.24) is 9.88 Å². The number of anilines is 1. The molecule has 2 fully saturated rings. The summed E-state index contributed by atoms with van der Waals surface area (Å²) in [4.78, 5) is 20.6. The number of likely N-dealkylation sites (tertiary alicyclic amines) is 1. The SMILES string of the molecule is CC(O)c1cccc(N2CCC(CCN3CCCC3=O)CC2)n1. The summed E-state index contributed by atoms with van der Waals surface area (Å²) in [5.41, 5.74) is 0.733. The lowest BCUT2D eigenvalue weighted by Crippen LogP contribution is -2.36. The van der Waals surface area contributed by atoms with E-state index in [2.05, 4.69) is 9.88 Å². The van der Waals surface area contributed by atoms with Gasteiger partial charge in [-0.2, -0.15) is 0 Å². The number of aromatic nitrogens is 1. The summed E-state index contributed by atoms with van der Waals surface area (Å²) in [6.07, 6.45) is 4.68. The van der Waals surface area contributed by atoms with Crippen molar-refractivity contribution in [3.63, 3.8) is 0 Å². The zero-order valence-corrected chi connectivity index (χ0v) is 13.9. The van der Waals surface area contributed by atoms with Gasteiger partial charge in [-0.25, -0.2) is 4.98 Å². The van der Waals surface area contributed by atoms with Gasteiger partial charge in [0.15, 0.2) is 0 Å². The predicted molar refractivity (Wildman–Crippen MR) is 90.2 cm³/mol. The molecule has 2 saturated heterocycles. The van der Waals surface area contributed by atoms with Gasteiger partial charge in [-0.1, -0.05) is 6.07 Å². The first-order valence-electron chi connectivity index (χ1n) is 8.81. The van der Waals surface area contributed by atoms with Gasteiger partial charge in [0.1, 0.15) is 5.82 Å². The van der Waals surface area contributed by atoms with Crippen LogP contribution in [0.2, 0.25) is 0 Å². The van der Waals surface area contributed by atoms with Crippen LogP contribution >= 0.6 is 0 Å². The molecule has 3 heterocycles. The van der Waals surface area contributed by atoms with Crippen LogP contribution in [-0.4, -0.2) is 47.1 Å². The van der Waals surface area contributed by atoms with Gasteiger partial charge in [0.2, 0.25) is 5.91 Å². The van der Waals surface area contributed by atoms with Crippen molar-refractivity contribution in [2.45, 2.75) is 45.1 Å². The third-order valence-electron chi connectivity index (χ3n) is 5.10. The van der Waals surface area contributed by atoms with Crippen molar-refractivity contribution in [3.05, 3.63) is 23.9 Å². The Morgan fingerprint density at radius 2 is 2.09 bits per heavy atom. The van der Waals surface area contributed by atoms with E-state index in [0.717, 1.165) is 69.8 Å². The molecule has 0 bridgehead atoms. The maximum atomic E-state index is 11.7. The minimum absolute atomic E-state index is 0.335. The fourth-order valence-electron chi connectivity index (χ4n) is 3.58. The number of aliphatic hydroxyl groups excluding tert-OH is 1.